The minimum atomic E-state index is -1.11. The molecule has 0 aromatic heterocycles. The molecule has 0 spiro atoms. The molecule has 0 fully saturated rings. The van der Waals surface area contributed by atoms with Gasteiger partial charge in [-0.15, -0.1) is 0 Å². The molecule has 0 aliphatic carbocycles. The van der Waals surface area contributed by atoms with Gasteiger partial charge in [0.15, 0.2) is 5.82 Å². The molecule has 0 amide bonds. The molecular formula is C10H7FN4O3. The van der Waals surface area contributed by atoms with Crippen molar-refractivity contribution < 1.29 is 14.4 Å². The van der Waals surface area contributed by atoms with E-state index in [1.807, 2.05) is 0 Å². The minimum absolute atomic E-state index is 0.0675. The molecule has 1 N–H and O–H groups in total. The molecule has 0 atom stereocenters. The summed E-state index contributed by atoms with van der Waals surface area (Å²) in [5.41, 5.74) is 7.33. The van der Waals surface area contributed by atoms with E-state index < -0.39 is 22.2 Å². The second kappa shape index (κ2) is 6.08. The molecule has 0 heterocycles. The van der Waals surface area contributed by atoms with Gasteiger partial charge in [-0.2, -0.15) is 0 Å². The Hall–Kier alpha value is -2.78. The molecule has 0 aliphatic rings. The summed E-state index contributed by atoms with van der Waals surface area (Å²) in [5.74, 6) is 2.92. The van der Waals surface area contributed by atoms with Crippen LogP contribution in [0.2, 0.25) is 0 Å². The standard InChI is InChI=1S/C10H7FN4O3/c11-8-5-7(3-1-2-4-13-14-12)6-9(10(8)16)15(17)18/h5-6,16H,2,4H2. The van der Waals surface area contributed by atoms with Crippen molar-refractivity contribution in [3.63, 3.8) is 0 Å². The van der Waals surface area contributed by atoms with Gasteiger partial charge >= 0.3 is 5.69 Å². The van der Waals surface area contributed by atoms with Crippen molar-refractivity contribution >= 4 is 5.69 Å². The maximum Gasteiger partial charge on any atom is 0.315 e. The third-order valence-electron chi connectivity index (χ3n) is 1.87. The van der Waals surface area contributed by atoms with Gasteiger partial charge in [0.2, 0.25) is 5.75 Å². The van der Waals surface area contributed by atoms with Gasteiger partial charge in [-0.05, 0) is 11.6 Å². The van der Waals surface area contributed by atoms with Crippen molar-refractivity contribution in [3.8, 4) is 17.6 Å². The lowest BCUT2D eigenvalue weighted by Gasteiger charge is -1.98. The fourth-order valence-electron chi connectivity index (χ4n) is 1.11. The molecule has 7 nitrogen and oxygen atoms in total. The fourth-order valence-corrected chi connectivity index (χ4v) is 1.11. The highest BCUT2D eigenvalue weighted by molar-refractivity contribution is 5.52. The zero-order valence-corrected chi connectivity index (χ0v) is 9.00. The molecule has 92 valence electrons. The highest BCUT2D eigenvalue weighted by Gasteiger charge is 2.18. The zero-order valence-electron chi connectivity index (χ0n) is 9.00. The van der Waals surface area contributed by atoms with Gasteiger partial charge in [0.25, 0.3) is 0 Å². The summed E-state index contributed by atoms with van der Waals surface area (Å²) in [7, 11) is 0. The average Bonchev–Trinajstić information content (AvgIpc) is 2.32. The number of halogens is 1. The number of aromatic hydroxyl groups is 1. The van der Waals surface area contributed by atoms with Crippen LogP contribution in [-0.4, -0.2) is 16.6 Å². The SMILES string of the molecule is [N-]=[N+]=NCCC#Cc1cc(F)c(O)c([N+](=O)[O-])c1. The van der Waals surface area contributed by atoms with Crippen LogP contribution in [0, 0.1) is 27.8 Å². The van der Waals surface area contributed by atoms with Crippen LogP contribution in [0.4, 0.5) is 10.1 Å². The lowest BCUT2D eigenvalue weighted by Crippen LogP contribution is -1.92. The van der Waals surface area contributed by atoms with Crippen molar-refractivity contribution in [3.05, 3.63) is 44.1 Å². The Morgan fingerprint density at radius 2 is 2.33 bits per heavy atom. The van der Waals surface area contributed by atoms with E-state index >= 15 is 0 Å². The summed E-state index contributed by atoms with van der Waals surface area (Å²) >= 11 is 0. The number of nitro benzene ring substituents is 1. The first kappa shape index (κ1) is 13.3. The number of azide groups is 1. The van der Waals surface area contributed by atoms with Crippen molar-refractivity contribution in [2.24, 2.45) is 5.11 Å². The molecule has 1 aromatic rings. The van der Waals surface area contributed by atoms with Crippen molar-refractivity contribution in [1.82, 2.24) is 0 Å². The zero-order chi connectivity index (χ0) is 13.5. The summed E-state index contributed by atoms with van der Waals surface area (Å²) < 4.78 is 13.1. The number of hydrogen-bond acceptors (Lipinski definition) is 4. The lowest BCUT2D eigenvalue weighted by atomic mass is 10.2. The van der Waals surface area contributed by atoms with Crippen molar-refractivity contribution in [1.29, 1.82) is 0 Å². The van der Waals surface area contributed by atoms with Gasteiger partial charge < -0.3 is 5.11 Å². The molecule has 1 aromatic carbocycles. The maximum atomic E-state index is 13.1. The fraction of sp³-hybridized carbons (Fsp3) is 0.200. The quantitative estimate of drug-likeness (QED) is 0.169. The first-order valence-electron chi connectivity index (χ1n) is 4.73. The Morgan fingerprint density at radius 3 is 2.94 bits per heavy atom. The van der Waals surface area contributed by atoms with E-state index in [-0.39, 0.29) is 18.5 Å². The summed E-state index contributed by atoms with van der Waals surface area (Å²) in [4.78, 5) is 12.1. The minimum Gasteiger partial charge on any atom is -0.500 e. The van der Waals surface area contributed by atoms with Crippen LogP contribution in [0.3, 0.4) is 0 Å². The Bertz CT molecular complexity index is 585. The largest absolute Gasteiger partial charge is 0.500 e. The van der Waals surface area contributed by atoms with Crippen LogP contribution in [0.1, 0.15) is 12.0 Å². The monoisotopic (exact) mass is 250 g/mol. The van der Waals surface area contributed by atoms with Crippen LogP contribution >= 0.6 is 0 Å². The van der Waals surface area contributed by atoms with E-state index in [1.165, 1.54) is 0 Å². The summed E-state index contributed by atoms with van der Waals surface area (Å²) in [5, 5.41) is 22.9. The lowest BCUT2D eigenvalue weighted by molar-refractivity contribution is -0.386. The highest BCUT2D eigenvalue weighted by Crippen LogP contribution is 2.29. The Kier molecular flexibility index (Phi) is 4.49. The number of phenols is 1. The molecule has 0 saturated carbocycles. The van der Waals surface area contributed by atoms with E-state index in [9.17, 15) is 14.5 Å². The van der Waals surface area contributed by atoms with Gasteiger partial charge in [-0.3, -0.25) is 10.1 Å². The first-order chi connectivity index (χ1) is 8.56. The first-order valence-corrected chi connectivity index (χ1v) is 4.73. The number of phenolic OH excluding ortho intramolecular Hbond substituents is 1. The number of hydrogen-bond donors (Lipinski definition) is 1. The van der Waals surface area contributed by atoms with E-state index in [0.717, 1.165) is 12.1 Å². The van der Waals surface area contributed by atoms with Crippen LogP contribution < -0.4 is 0 Å². The molecule has 8 heteroatoms. The molecule has 0 unspecified atom stereocenters. The number of nitro groups is 1. The molecule has 1 rings (SSSR count). The topological polar surface area (TPSA) is 112 Å². The third kappa shape index (κ3) is 3.37. The second-order valence-corrected chi connectivity index (χ2v) is 3.09. The van der Waals surface area contributed by atoms with Gasteiger partial charge in [0, 0.05) is 29.5 Å². The van der Waals surface area contributed by atoms with E-state index in [4.69, 9.17) is 10.6 Å². The van der Waals surface area contributed by atoms with Crippen LogP contribution in [0.5, 0.6) is 5.75 Å². The normalized spacial score (nSPS) is 8.94. The number of benzene rings is 1. The molecule has 0 radical (unpaired) electrons. The highest BCUT2D eigenvalue weighted by atomic mass is 19.1. The molecule has 0 saturated heterocycles. The summed E-state index contributed by atoms with van der Waals surface area (Å²) in [6.45, 7) is 0.159. The molecule has 18 heavy (non-hydrogen) atoms. The van der Waals surface area contributed by atoms with Gasteiger partial charge in [0.05, 0.1) is 4.92 Å². The van der Waals surface area contributed by atoms with Crippen molar-refractivity contribution in [2.45, 2.75) is 6.42 Å². The second-order valence-electron chi connectivity index (χ2n) is 3.09. The predicted molar refractivity (Wildman–Crippen MR) is 60.2 cm³/mol. The van der Waals surface area contributed by atoms with Crippen molar-refractivity contribution in [2.75, 3.05) is 6.54 Å². The van der Waals surface area contributed by atoms with Crippen LogP contribution in [0.15, 0.2) is 17.2 Å². The maximum absolute atomic E-state index is 13.1. The van der Waals surface area contributed by atoms with E-state index in [1.54, 1.807) is 0 Å². The van der Waals surface area contributed by atoms with E-state index in [0.29, 0.717) is 0 Å². The van der Waals surface area contributed by atoms with Gasteiger partial charge in [0.1, 0.15) is 0 Å². The van der Waals surface area contributed by atoms with Crippen LogP contribution in [-0.2, 0) is 0 Å². The third-order valence-corrected chi connectivity index (χ3v) is 1.87. The van der Waals surface area contributed by atoms with E-state index in [2.05, 4.69) is 21.9 Å². The summed E-state index contributed by atoms with van der Waals surface area (Å²) in [6, 6.07) is 1.86. The summed E-state index contributed by atoms with van der Waals surface area (Å²) in [6.07, 6.45) is 0.250. The Balaban J connectivity index is 2.97. The average molecular weight is 250 g/mol. The van der Waals surface area contributed by atoms with Gasteiger partial charge in [-0.25, -0.2) is 4.39 Å². The number of nitrogens with zero attached hydrogens (tertiary/aromatic N) is 4. The van der Waals surface area contributed by atoms with Gasteiger partial charge in [-0.1, -0.05) is 17.0 Å². The molecule has 0 aliphatic heterocycles. The molecule has 0 bridgehead atoms. The predicted octanol–water partition coefficient (Wildman–Crippen LogP) is 2.49. The Labute approximate surface area is 101 Å². The molecular weight excluding hydrogens is 243 g/mol. The van der Waals surface area contributed by atoms with Crippen LogP contribution in [0.25, 0.3) is 10.4 Å². The smallest absolute Gasteiger partial charge is 0.315 e. The Morgan fingerprint density at radius 1 is 1.61 bits per heavy atom. The number of rotatable bonds is 3.